The smallest absolute Gasteiger partial charge is 0.366 e. The molecule has 0 aliphatic carbocycles. The molecular weight excluding hydrogens is 355 g/mol. The number of hydrogen-bond donors (Lipinski definition) is 2. The molecule has 3 rings (SSSR count). The van der Waals surface area contributed by atoms with Crippen LogP contribution in [-0.2, 0) is 12.7 Å². The average Bonchev–Trinajstić information content (AvgIpc) is 2.67. The number of aromatic nitrogens is 2. The van der Waals surface area contributed by atoms with Crippen molar-refractivity contribution in [2.75, 3.05) is 10.6 Å². The molecule has 0 aliphatic heterocycles. The quantitative estimate of drug-likeness (QED) is 0.681. The first-order chi connectivity index (χ1) is 12.9. The highest BCUT2D eigenvalue weighted by molar-refractivity contribution is 5.56. The Morgan fingerprint density at radius 2 is 1.67 bits per heavy atom. The van der Waals surface area contributed by atoms with E-state index in [1.54, 1.807) is 36.5 Å². The molecule has 27 heavy (non-hydrogen) atoms. The van der Waals surface area contributed by atoms with Gasteiger partial charge in [-0.05, 0) is 48.0 Å². The van der Waals surface area contributed by atoms with Crippen LogP contribution in [0.15, 0.2) is 60.8 Å². The lowest BCUT2D eigenvalue weighted by molar-refractivity contribution is -0.137. The summed E-state index contributed by atoms with van der Waals surface area (Å²) in [7, 11) is 0. The summed E-state index contributed by atoms with van der Waals surface area (Å²) in [6.07, 6.45) is -2.78. The van der Waals surface area contributed by atoms with E-state index >= 15 is 0 Å². The molecule has 0 atom stereocenters. The first-order valence-electron chi connectivity index (χ1n) is 7.94. The highest BCUT2D eigenvalue weighted by Crippen LogP contribution is 2.29. The maximum atomic E-state index is 12.6. The number of nitriles is 1. The Morgan fingerprint density at radius 1 is 0.963 bits per heavy atom. The van der Waals surface area contributed by atoms with Gasteiger partial charge in [-0.25, -0.2) is 4.98 Å². The first kappa shape index (κ1) is 18.2. The highest BCUT2D eigenvalue weighted by atomic mass is 19.4. The van der Waals surface area contributed by atoms with Crippen LogP contribution in [0, 0.1) is 11.3 Å². The summed E-state index contributed by atoms with van der Waals surface area (Å²) < 4.78 is 37.7. The largest absolute Gasteiger partial charge is 0.416 e. The third kappa shape index (κ3) is 4.95. The lowest BCUT2D eigenvalue weighted by Crippen LogP contribution is -2.06. The van der Waals surface area contributed by atoms with E-state index in [4.69, 9.17) is 5.26 Å². The monoisotopic (exact) mass is 369 g/mol. The summed E-state index contributed by atoms with van der Waals surface area (Å²) in [6.45, 7) is 0.325. The fourth-order valence-electron chi connectivity index (χ4n) is 2.28. The van der Waals surface area contributed by atoms with Crippen molar-refractivity contribution in [1.82, 2.24) is 9.97 Å². The standard InChI is InChI=1S/C19H14F3N5/c20-19(21,22)15-5-1-14(2-6-15)12-25-17-9-10-24-18(27-17)26-16-7-3-13(11-23)4-8-16/h1-10H,12H2,(H2,24,25,26,27). The first-order valence-corrected chi connectivity index (χ1v) is 7.94. The van der Waals surface area contributed by atoms with E-state index in [0.717, 1.165) is 17.8 Å². The number of alkyl halides is 3. The predicted octanol–water partition coefficient (Wildman–Crippen LogP) is 4.72. The summed E-state index contributed by atoms with van der Waals surface area (Å²) >= 11 is 0. The van der Waals surface area contributed by atoms with Gasteiger partial charge in [-0.2, -0.15) is 23.4 Å². The van der Waals surface area contributed by atoms with Crippen molar-refractivity contribution in [3.8, 4) is 6.07 Å². The molecule has 3 aromatic rings. The van der Waals surface area contributed by atoms with E-state index in [-0.39, 0.29) is 0 Å². The van der Waals surface area contributed by atoms with Crippen molar-refractivity contribution in [3.05, 3.63) is 77.5 Å². The number of hydrogen-bond acceptors (Lipinski definition) is 5. The summed E-state index contributed by atoms with van der Waals surface area (Å²) in [6, 6.07) is 15.5. The molecule has 2 aromatic carbocycles. The van der Waals surface area contributed by atoms with Gasteiger partial charge in [0.25, 0.3) is 0 Å². The van der Waals surface area contributed by atoms with Crippen LogP contribution in [0.25, 0.3) is 0 Å². The van der Waals surface area contributed by atoms with Crippen LogP contribution >= 0.6 is 0 Å². The van der Waals surface area contributed by atoms with Crippen LogP contribution in [0.5, 0.6) is 0 Å². The van der Waals surface area contributed by atoms with E-state index in [1.165, 1.54) is 12.1 Å². The SMILES string of the molecule is N#Cc1ccc(Nc2nccc(NCc3ccc(C(F)(F)F)cc3)n2)cc1. The summed E-state index contributed by atoms with van der Waals surface area (Å²) in [5.74, 6) is 0.887. The van der Waals surface area contributed by atoms with Crippen LogP contribution in [0.2, 0.25) is 0 Å². The Balaban J connectivity index is 1.62. The third-order valence-electron chi connectivity index (χ3n) is 3.68. The molecule has 1 heterocycles. The fourth-order valence-corrected chi connectivity index (χ4v) is 2.28. The summed E-state index contributed by atoms with van der Waals surface area (Å²) in [4.78, 5) is 8.42. The Morgan fingerprint density at radius 3 is 2.30 bits per heavy atom. The molecule has 2 N–H and O–H groups in total. The Labute approximate surface area is 153 Å². The van der Waals surface area contributed by atoms with Crippen molar-refractivity contribution < 1.29 is 13.2 Å². The van der Waals surface area contributed by atoms with Gasteiger partial charge in [-0.15, -0.1) is 0 Å². The molecule has 0 bridgehead atoms. The molecule has 1 aromatic heterocycles. The van der Waals surface area contributed by atoms with Crippen molar-refractivity contribution in [2.45, 2.75) is 12.7 Å². The topological polar surface area (TPSA) is 73.6 Å². The maximum Gasteiger partial charge on any atom is 0.416 e. The van der Waals surface area contributed by atoms with Gasteiger partial charge in [-0.3, -0.25) is 0 Å². The lowest BCUT2D eigenvalue weighted by Gasteiger charge is -2.10. The predicted molar refractivity (Wildman–Crippen MR) is 95.2 cm³/mol. The molecule has 0 spiro atoms. The van der Waals surface area contributed by atoms with Crippen molar-refractivity contribution in [2.24, 2.45) is 0 Å². The van der Waals surface area contributed by atoms with Gasteiger partial charge in [-0.1, -0.05) is 12.1 Å². The molecule has 0 saturated carbocycles. The van der Waals surface area contributed by atoms with Crippen LogP contribution in [0.4, 0.5) is 30.6 Å². The average molecular weight is 369 g/mol. The summed E-state index contributed by atoms with van der Waals surface area (Å²) in [5, 5.41) is 14.9. The second-order valence-electron chi connectivity index (χ2n) is 5.63. The highest BCUT2D eigenvalue weighted by Gasteiger charge is 2.29. The minimum atomic E-state index is -4.34. The van der Waals surface area contributed by atoms with Gasteiger partial charge in [0.1, 0.15) is 5.82 Å². The van der Waals surface area contributed by atoms with Gasteiger partial charge in [0.15, 0.2) is 0 Å². The van der Waals surface area contributed by atoms with Gasteiger partial charge >= 0.3 is 6.18 Å². The molecule has 0 fully saturated rings. The number of halogens is 3. The zero-order valence-corrected chi connectivity index (χ0v) is 14.0. The zero-order valence-electron chi connectivity index (χ0n) is 14.0. The minimum absolute atomic E-state index is 0.325. The van der Waals surface area contributed by atoms with Crippen LogP contribution in [0.3, 0.4) is 0 Å². The number of anilines is 3. The Bertz CT molecular complexity index is 945. The minimum Gasteiger partial charge on any atom is -0.366 e. The van der Waals surface area contributed by atoms with Gasteiger partial charge in [0.2, 0.25) is 5.95 Å². The number of benzene rings is 2. The molecule has 0 saturated heterocycles. The van der Waals surface area contributed by atoms with Crippen LogP contribution in [0.1, 0.15) is 16.7 Å². The molecule has 0 amide bonds. The van der Waals surface area contributed by atoms with E-state index in [2.05, 4.69) is 20.6 Å². The van der Waals surface area contributed by atoms with Crippen LogP contribution in [-0.4, -0.2) is 9.97 Å². The van der Waals surface area contributed by atoms with Crippen molar-refractivity contribution in [1.29, 1.82) is 5.26 Å². The molecule has 136 valence electrons. The fraction of sp³-hybridized carbons (Fsp3) is 0.105. The molecule has 8 heteroatoms. The van der Waals surface area contributed by atoms with Gasteiger partial charge in [0.05, 0.1) is 17.2 Å². The molecule has 0 radical (unpaired) electrons. The van der Waals surface area contributed by atoms with E-state index in [9.17, 15) is 13.2 Å². The van der Waals surface area contributed by atoms with Gasteiger partial charge < -0.3 is 10.6 Å². The third-order valence-corrected chi connectivity index (χ3v) is 3.68. The maximum absolute atomic E-state index is 12.6. The number of nitrogens with one attached hydrogen (secondary N) is 2. The van der Waals surface area contributed by atoms with E-state index < -0.39 is 11.7 Å². The lowest BCUT2D eigenvalue weighted by atomic mass is 10.1. The van der Waals surface area contributed by atoms with Gasteiger partial charge in [0, 0.05) is 18.4 Å². The molecule has 0 aliphatic rings. The van der Waals surface area contributed by atoms with E-state index in [0.29, 0.717) is 29.4 Å². The Hall–Kier alpha value is -3.60. The van der Waals surface area contributed by atoms with Crippen molar-refractivity contribution >= 4 is 17.5 Å². The molecular formula is C19H14F3N5. The number of nitrogens with zero attached hydrogens (tertiary/aromatic N) is 3. The van der Waals surface area contributed by atoms with Crippen LogP contribution < -0.4 is 10.6 Å². The molecule has 0 unspecified atom stereocenters. The van der Waals surface area contributed by atoms with Crippen molar-refractivity contribution in [3.63, 3.8) is 0 Å². The summed E-state index contributed by atoms with van der Waals surface area (Å²) in [5.41, 5.74) is 1.30. The Kier molecular flexibility index (Phi) is 5.22. The second-order valence-corrected chi connectivity index (χ2v) is 5.63. The van der Waals surface area contributed by atoms with E-state index in [1.807, 2.05) is 6.07 Å². The second kappa shape index (κ2) is 7.74. The zero-order chi connectivity index (χ0) is 19.3. The number of rotatable bonds is 5. The molecule has 5 nitrogen and oxygen atoms in total. The normalized spacial score (nSPS) is 10.9.